The van der Waals surface area contributed by atoms with Crippen LogP contribution in [0.2, 0.25) is 0 Å². The Labute approximate surface area is 106 Å². The van der Waals surface area contributed by atoms with E-state index in [1.165, 1.54) is 0 Å². The van der Waals surface area contributed by atoms with E-state index in [4.69, 9.17) is 0 Å². The number of nitrogens with zero attached hydrogens (tertiary/aromatic N) is 1. The van der Waals surface area contributed by atoms with Gasteiger partial charge in [-0.05, 0) is 20.8 Å². The van der Waals surface area contributed by atoms with Crippen molar-refractivity contribution in [1.82, 2.24) is 20.6 Å². The van der Waals surface area contributed by atoms with Crippen molar-refractivity contribution >= 4 is 5.91 Å². The van der Waals surface area contributed by atoms with Crippen LogP contribution in [0, 0.1) is 0 Å². The first-order valence-corrected chi connectivity index (χ1v) is 6.15. The monoisotopic (exact) mass is 252 g/mol. The van der Waals surface area contributed by atoms with Crippen LogP contribution in [0.25, 0.3) is 0 Å². The molecule has 1 amide bonds. The molecule has 0 aliphatic carbocycles. The second kappa shape index (κ2) is 4.70. The van der Waals surface area contributed by atoms with Crippen LogP contribution in [-0.4, -0.2) is 38.7 Å². The number of imidazole rings is 1. The van der Waals surface area contributed by atoms with Crippen molar-refractivity contribution in [2.75, 3.05) is 0 Å². The van der Waals surface area contributed by atoms with Gasteiger partial charge in [0, 0.05) is 13.0 Å². The minimum absolute atomic E-state index is 0.102. The average Bonchev–Trinajstić information content (AvgIpc) is 2.74. The topological polar surface area (TPSA) is 90.0 Å². The fraction of sp³-hybridized carbons (Fsp3) is 0.667. The van der Waals surface area contributed by atoms with Crippen molar-refractivity contribution in [1.29, 1.82) is 0 Å². The Morgan fingerprint density at radius 1 is 1.67 bits per heavy atom. The largest absolute Gasteiger partial charge is 0.391 e. The van der Waals surface area contributed by atoms with Gasteiger partial charge in [0.2, 0.25) is 5.91 Å². The number of aromatic amines is 1. The van der Waals surface area contributed by atoms with Gasteiger partial charge in [0.15, 0.2) is 0 Å². The van der Waals surface area contributed by atoms with Crippen LogP contribution in [0.5, 0.6) is 0 Å². The third-order valence-electron chi connectivity index (χ3n) is 3.54. The molecule has 1 aromatic heterocycles. The molecule has 2 atom stereocenters. The van der Waals surface area contributed by atoms with E-state index >= 15 is 0 Å². The van der Waals surface area contributed by atoms with E-state index in [1.807, 2.05) is 0 Å². The van der Waals surface area contributed by atoms with E-state index in [0.29, 0.717) is 13.0 Å². The van der Waals surface area contributed by atoms with Crippen LogP contribution in [0.3, 0.4) is 0 Å². The Kier molecular flexibility index (Phi) is 3.41. The zero-order valence-corrected chi connectivity index (χ0v) is 10.9. The summed E-state index contributed by atoms with van der Waals surface area (Å²) in [5.74, 6) is -0.102. The number of hydrogen-bond donors (Lipinski definition) is 4. The number of rotatable bonds is 3. The summed E-state index contributed by atoms with van der Waals surface area (Å²) in [5.41, 5.74) is 1.34. The molecule has 0 radical (unpaired) electrons. The van der Waals surface area contributed by atoms with E-state index in [1.54, 1.807) is 27.1 Å². The van der Waals surface area contributed by atoms with E-state index < -0.39 is 11.6 Å². The molecular formula is C12H20N4O2. The van der Waals surface area contributed by atoms with Crippen molar-refractivity contribution in [3.63, 3.8) is 0 Å². The highest BCUT2D eigenvalue weighted by atomic mass is 16.3. The van der Waals surface area contributed by atoms with Gasteiger partial charge in [0.05, 0.1) is 35.4 Å². The van der Waals surface area contributed by atoms with Crippen molar-refractivity contribution < 1.29 is 9.90 Å². The Hall–Kier alpha value is -1.40. The van der Waals surface area contributed by atoms with Gasteiger partial charge in [-0.3, -0.25) is 10.1 Å². The number of amides is 1. The fourth-order valence-electron chi connectivity index (χ4n) is 1.86. The maximum absolute atomic E-state index is 12.1. The van der Waals surface area contributed by atoms with Gasteiger partial charge in [-0.25, -0.2) is 4.98 Å². The summed E-state index contributed by atoms with van der Waals surface area (Å²) in [6.45, 7) is 5.89. The molecule has 0 aromatic carbocycles. The number of aliphatic hydroxyl groups is 1. The fourth-order valence-corrected chi connectivity index (χ4v) is 1.86. The maximum Gasteiger partial charge on any atom is 0.238 e. The zero-order chi connectivity index (χ0) is 13.3. The van der Waals surface area contributed by atoms with Crippen molar-refractivity contribution in [3.8, 4) is 0 Å². The molecule has 1 aromatic rings. The van der Waals surface area contributed by atoms with E-state index in [-0.39, 0.29) is 11.9 Å². The third-order valence-corrected chi connectivity index (χ3v) is 3.54. The first kappa shape index (κ1) is 13.0. The number of carbonyl (C=O) groups is 1. The van der Waals surface area contributed by atoms with Gasteiger partial charge >= 0.3 is 0 Å². The highest BCUT2D eigenvalue weighted by Gasteiger charge is 2.31. The molecule has 6 heteroatoms. The molecule has 0 saturated carbocycles. The van der Waals surface area contributed by atoms with E-state index in [0.717, 1.165) is 11.4 Å². The van der Waals surface area contributed by atoms with Gasteiger partial charge in [0.25, 0.3) is 0 Å². The van der Waals surface area contributed by atoms with Gasteiger partial charge in [-0.1, -0.05) is 0 Å². The van der Waals surface area contributed by atoms with Crippen molar-refractivity contribution in [2.24, 2.45) is 0 Å². The lowest BCUT2D eigenvalue weighted by atomic mass is 9.97. The van der Waals surface area contributed by atoms with Crippen LogP contribution in [0.1, 0.15) is 32.2 Å². The summed E-state index contributed by atoms with van der Waals surface area (Å²) in [6, 6.07) is -0.293. The number of carbonyl (C=O) groups excluding carboxylic acids is 1. The lowest BCUT2D eigenvalue weighted by Gasteiger charge is -2.32. The van der Waals surface area contributed by atoms with Crippen LogP contribution in [0.4, 0.5) is 0 Å². The summed E-state index contributed by atoms with van der Waals surface area (Å²) in [4.78, 5) is 19.4. The summed E-state index contributed by atoms with van der Waals surface area (Å²) < 4.78 is 0. The zero-order valence-electron chi connectivity index (χ0n) is 10.9. The quantitative estimate of drug-likeness (QED) is 0.594. The molecular weight excluding hydrogens is 232 g/mol. The minimum atomic E-state index is -0.634. The minimum Gasteiger partial charge on any atom is -0.391 e. The van der Waals surface area contributed by atoms with E-state index in [2.05, 4.69) is 20.6 Å². The number of aliphatic hydroxyl groups excluding tert-OH is 1. The number of aromatic nitrogens is 2. The van der Waals surface area contributed by atoms with Crippen LogP contribution < -0.4 is 10.6 Å². The third kappa shape index (κ3) is 2.54. The number of H-pyrrole nitrogens is 1. The molecule has 6 nitrogen and oxygen atoms in total. The van der Waals surface area contributed by atoms with Gasteiger partial charge < -0.3 is 15.4 Å². The average molecular weight is 252 g/mol. The Bertz CT molecular complexity index is 439. The first-order chi connectivity index (χ1) is 8.40. The van der Waals surface area contributed by atoms with Gasteiger partial charge in [-0.15, -0.1) is 0 Å². The molecule has 0 spiro atoms. The van der Waals surface area contributed by atoms with Crippen molar-refractivity contribution in [3.05, 3.63) is 17.7 Å². The Morgan fingerprint density at radius 3 is 3.06 bits per heavy atom. The second-order valence-corrected chi connectivity index (χ2v) is 5.35. The van der Waals surface area contributed by atoms with E-state index in [9.17, 15) is 9.90 Å². The SMILES string of the molecule is CC(O)C(C)(C)NC(=O)C1Cc2nc[nH]c2CN1. The highest BCUT2D eigenvalue weighted by Crippen LogP contribution is 2.14. The lowest BCUT2D eigenvalue weighted by molar-refractivity contribution is -0.126. The summed E-state index contributed by atoms with van der Waals surface area (Å²) >= 11 is 0. The van der Waals surface area contributed by atoms with Crippen LogP contribution in [-0.2, 0) is 17.8 Å². The summed E-state index contributed by atoms with van der Waals surface area (Å²) in [6.07, 6.45) is 1.61. The first-order valence-electron chi connectivity index (χ1n) is 6.15. The predicted octanol–water partition coefficient (Wildman–Crippen LogP) is -0.300. The summed E-state index contributed by atoms with van der Waals surface area (Å²) in [7, 11) is 0. The van der Waals surface area contributed by atoms with Crippen LogP contribution >= 0.6 is 0 Å². The molecule has 2 unspecified atom stereocenters. The van der Waals surface area contributed by atoms with Gasteiger partial charge in [-0.2, -0.15) is 0 Å². The molecule has 0 saturated heterocycles. The molecule has 2 heterocycles. The molecule has 0 bridgehead atoms. The Balaban J connectivity index is 2.00. The number of hydrogen-bond acceptors (Lipinski definition) is 4. The molecule has 1 aliphatic heterocycles. The lowest BCUT2D eigenvalue weighted by Crippen LogP contribution is -2.57. The normalized spacial score (nSPS) is 21.2. The molecule has 0 fully saturated rings. The smallest absolute Gasteiger partial charge is 0.238 e. The van der Waals surface area contributed by atoms with Crippen LogP contribution in [0.15, 0.2) is 6.33 Å². The molecule has 2 rings (SSSR count). The second-order valence-electron chi connectivity index (χ2n) is 5.35. The number of nitrogens with one attached hydrogen (secondary N) is 3. The van der Waals surface area contributed by atoms with Crippen molar-refractivity contribution in [2.45, 2.75) is 51.4 Å². The molecule has 1 aliphatic rings. The Morgan fingerprint density at radius 2 is 2.39 bits per heavy atom. The maximum atomic E-state index is 12.1. The summed E-state index contributed by atoms with van der Waals surface area (Å²) in [5, 5.41) is 15.6. The predicted molar refractivity (Wildman–Crippen MR) is 66.8 cm³/mol. The molecule has 4 N–H and O–H groups in total. The highest BCUT2D eigenvalue weighted by molar-refractivity contribution is 5.83. The van der Waals surface area contributed by atoms with Gasteiger partial charge in [0.1, 0.15) is 0 Å². The number of fused-ring (bicyclic) bond motifs is 1. The standard InChI is InChI=1S/C12H20N4O2/c1-7(17)12(2,3)16-11(18)9-4-8-10(5-13-9)15-6-14-8/h6-7,9,13,17H,4-5H2,1-3H3,(H,14,15)(H,16,18). The molecule has 100 valence electrons. The molecule has 18 heavy (non-hydrogen) atoms.